The summed E-state index contributed by atoms with van der Waals surface area (Å²) in [7, 11) is 0. The lowest BCUT2D eigenvalue weighted by Gasteiger charge is -2.43. The van der Waals surface area contributed by atoms with E-state index in [0.29, 0.717) is 12.1 Å². The highest BCUT2D eigenvalue weighted by Crippen LogP contribution is 2.62. The number of cyclic esters (lactones) is 3. The maximum Gasteiger partial charge on any atom is 0.342 e. The third-order valence-corrected chi connectivity index (χ3v) is 20.3. The molecule has 123 heavy (non-hydrogen) atoms. The topological polar surface area (TPSA) is 822 Å². The zero-order valence-corrected chi connectivity index (χ0v) is 60.0. The first-order chi connectivity index (χ1) is 57.9. The molecule has 1 fully saturated rings. The number of aromatic hydroxyl groups is 26. The van der Waals surface area contributed by atoms with E-state index < -0.39 is 389 Å². The number of aliphatic hydroxyl groups excluding tert-OH is 2. The summed E-state index contributed by atoms with van der Waals surface area (Å²) in [6, 6.07) is 1.73. The van der Waals surface area contributed by atoms with Gasteiger partial charge in [-0.2, -0.15) is 0 Å². The molecule has 0 radical (unpaired) electrons. The molecule has 7 aliphatic rings. The van der Waals surface area contributed by atoms with Crippen molar-refractivity contribution >= 4 is 53.7 Å². The van der Waals surface area contributed by atoms with Crippen LogP contribution in [0.1, 0.15) is 105 Å². The van der Waals surface area contributed by atoms with E-state index in [1.165, 1.54) is 0 Å². The number of carbonyl (C=O) groups excluding carboxylic acids is 9. The van der Waals surface area contributed by atoms with Crippen LogP contribution in [-0.4, -0.2) is 265 Å². The lowest BCUT2D eigenvalue weighted by molar-refractivity contribution is -0.284. The third kappa shape index (κ3) is 12.2. The van der Waals surface area contributed by atoms with E-state index >= 15 is 19.2 Å². The zero-order valence-electron chi connectivity index (χ0n) is 60.0. The van der Waals surface area contributed by atoms with Gasteiger partial charge in [0.2, 0.25) is 57.5 Å². The Labute approximate surface area is 673 Å². The van der Waals surface area contributed by atoms with Crippen LogP contribution >= 0.6 is 0 Å². The summed E-state index contributed by atoms with van der Waals surface area (Å²) < 4.78 is 62.0. The number of benzene rings is 9. The van der Waals surface area contributed by atoms with Crippen molar-refractivity contribution in [1.82, 2.24) is 0 Å². The van der Waals surface area contributed by atoms with Crippen molar-refractivity contribution in [1.29, 1.82) is 0 Å². The first kappa shape index (κ1) is 80.9. The molecule has 16 rings (SSSR count). The van der Waals surface area contributed by atoms with E-state index in [1.807, 2.05) is 0 Å². The molecule has 4 bridgehead atoms. The number of hydrogen-bond donors (Lipinski definition) is 28. The highest BCUT2D eigenvalue weighted by molar-refractivity contribution is 6.14. The van der Waals surface area contributed by atoms with Crippen molar-refractivity contribution in [3.8, 4) is 205 Å². The largest absolute Gasteiger partial charge is 0.504 e. The predicted octanol–water partition coefficient (Wildman–Crippen LogP) is 2.40. The number of aliphatic hydroxyl groups is 2. The Bertz CT molecular complexity index is 6340. The minimum Gasteiger partial charge on any atom is -0.504 e. The molecule has 9 aromatic carbocycles. The van der Waals surface area contributed by atoms with Gasteiger partial charge in [-0.1, -0.05) is 0 Å². The highest BCUT2D eigenvalue weighted by Gasteiger charge is 2.58. The minimum atomic E-state index is -3.27. The van der Waals surface area contributed by atoms with Crippen molar-refractivity contribution in [2.45, 2.75) is 61.2 Å². The number of rotatable bonds is 5. The van der Waals surface area contributed by atoms with Gasteiger partial charge in [-0.15, -0.1) is 0 Å². The molecule has 0 aromatic heterocycles. The van der Waals surface area contributed by atoms with Crippen molar-refractivity contribution in [3.05, 3.63) is 104 Å². The van der Waals surface area contributed by atoms with Gasteiger partial charge in [0.05, 0.1) is 44.5 Å². The van der Waals surface area contributed by atoms with Gasteiger partial charge in [-0.25, -0.2) is 43.2 Å². The Hall–Kier alpha value is -17.3. The molecule has 48 nitrogen and oxygen atoms in total. The third-order valence-electron chi connectivity index (χ3n) is 20.3. The molecule has 28 N–H and O–H groups in total. The Balaban J connectivity index is 0.898. The van der Waals surface area contributed by atoms with E-state index in [-0.39, 0.29) is 36.4 Å². The number of phenolic OH excluding ortho intramolecular Hbond substituents is 26. The number of fused-ring (bicyclic) bond motifs is 15. The van der Waals surface area contributed by atoms with Gasteiger partial charge in [0, 0.05) is 62.2 Å². The minimum absolute atomic E-state index is 0.0400. The van der Waals surface area contributed by atoms with E-state index in [1.54, 1.807) is 0 Å². The molecule has 7 aliphatic heterocycles. The van der Waals surface area contributed by atoms with E-state index in [0.717, 1.165) is 0 Å². The molecule has 0 spiro atoms. The molecule has 10 atom stereocenters. The molecular weight excluding hydrogens is 1670 g/mol. The summed E-state index contributed by atoms with van der Waals surface area (Å²) in [5, 5.41) is 316. The van der Waals surface area contributed by atoms with Crippen molar-refractivity contribution < 1.29 is 238 Å². The molecule has 0 aliphatic carbocycles. The molecule has 638 valence electrons. The second kappa shape index (κ2) is 28.5. The standard InChI is InChI=1S/C75H50O48/c76-19-1-11-29(47(91)39(19)83)31-13(3-21(78)41(85)49(31)93)68(105)118-60(63-62-56(100)38-37(74(111)120-62)36(54(98)57(101)55(38)99)35-16(70(107)121-63)6-24(81)44(88)52(35)96)27(9-113-66(11)103)116-73(110)18-7-25(82)45(89)58(102)59(18)115-26-8-17-34(53(97)46(26)90)30-12(2-20(77)40(84)48(30)92)67(104)114-10-28-61(119-72(17)109)64-65(75(112)117-28)123-71(108)15-5-23(80)43(87)51(95)33(15)32-14(69(106)122-64)4-22(79)42(86)50(32)94/h1-8,27-28,56,60-65,75-102,112H,9-10H2/t27-,28+,56+,60+,61+,62-,63-,64-,65+,75-/m0/s1. The van der Waals surface area contributed by atoms with Crippen LogP contribution in [0.15, 0.2) is 48.5 Å². The second-order valence-corrected chi connectivity index (χ2v) is 27.2. The smallest absolute Gasteiger partial charge is 0.342 e. The highest BCUT2D eigenvalue weighted by atomic mass is 16.7. The summed E-state index contributed by atoms with van der Waals surface area (Å²) in [5.41, 5.74) is -24.3. The Kier molecular flexibility index (Phi) is 18.7. The molecule has 0 saturated carbocycles. The average molecular weight is 1720 g/mol. The van der Waals surface area contributed by atoms with Crippen molar-refractivity contribution in [2.24, 2.45) is 0 Å². The van der Waals surface area contributed by atoms with Crippen LogP contribution in [0.25, 0.3) is 44.5 Å². The normalized spacial score (nSPS) is 20.9. The summed E-state index contributed by atoms with van der Waals surface area (Å²) >= 11 is 0. The first-order valence-corrected chi connectivity index (χ1v) is 34.3. The Morgan fingerprint density at radius 3 is 1.01 bits per heavy atom. The fourth-order valence-electron chi connectivity index (χ4n) is 14.5. The van der Waals surface area contributed by atoms with Crippen molar-refractivity contribution in [3.63, 3.8) is 0 Å². The summed E-state index contributed by atoms with van der Waals surface area (Å²) in [6.07, 6.45) is -28.7. The molecule has 48 heteroatoms. The average Bonchev–Trinajstić information content (AvgIpc) is 0.720. The van der Waals surface area contributed by atoms with Crippen LogP contribution in [0.4, 0.5) is 0 Å². The number of carbonyl (C=O) groups is 9. The Morgan fingerprint density at radius 1 is 0.285 bits per heavy atom. The molecule has 9 aromatic rings. The van der Waals surface area contributed by atoms with Gasteiger partial charge in [0.25, 0.3) is 0 Å². The monoisotopic (exact) mass is 1720 g/mol. The van der Waals surface area contributed by atoms with Crippen LogP contribution in [0.3, 0.4) is 0 Å². The molecular formula is C75H50O48. The maximum absolute atomic E-state index is 15.6. The van der Waals surface area contributed by atoms with Crippen LogP contribution in [0, 0.1) is 0 Å². The van der Waals surface area contributed by atoms with Crippen LogP contribution in [0.5, 0.6) is 161 Å². The van der Waals surface area contributed by atoms with E-state index in [2.05, 4.69) is 0 Å². The first-order valence-electron chi connectivity index (χ1n) is 34.3. The summed E-state index contributed by atoms with van der Waals surface area (Å²) in [6.45, 7) is -3.35. The zero-order chi connectivity index (χ0) is 89.4. The van der Waals surface area contributed by atoms with Gasteiger partial charge >= 0.3 is 53.7 Å². The maximum atomic E-state index is 15.6. The molecule has 0 unspecified atom stereocenters. The molecule has 1 saturated heterocycles. The number of hydrogen-bond acceptors (Lipinski definition) is 48. The fraction of sp³-hybridized carbons (Fsp3) is 0.160. The molecule has 0 amide bonds. The lowest BCUT2D eigenvalue weighted by atomic mass is 9.82. The lowest BCUT2D eigenvalue weighted by Crippen LogP contribution is -2.62. The Morgan fingerprint density at radius 2 is 0.593 bits per heavy atom. The quantitative estimate of drug-likeness (QED) is 0.0668. The fourth-order valence-corrected chi connectivity index (χ4v) is 14.5. The SMILES string of the molecule is O=C(O[C@H]1COC(=O)c2cc(O)c(O)c(O)c2-c2c(cc(O)c(O)c2O)C(=O)O[C@H]1[C@@H]1OC(=O)c2cc(O)c(O)c(O)c2-c2c(O)c(O)c(O)c3c2C(=O)O[C@H]1[C@@H]3O)c1cc(O)c(O)c(O)c1Oc1cc2c(c(O)c1O)-c1c(cc(O)c(O)c1O)C(=O)OC[C@H]1O[C@H](O)[C@@H]3OC(=O)c4cc(O)c(O)c(O)c4-c4c(cc(O)c(O)c4O)C(=O)O[C@H]3[C@@H]1OC2=O. The number of esters is 9. The summed E-state index contributed by atoms with van der Waals surface area (Å²) in [5.74, 6) is -64.3. The van der Waals surface area contributed by atoms with Gasteiger partial charge < -0.3 is 195 Å². The van der Waals surface area contributed by atoms with E-state index in [9.17, 15) is 167 Å². The van der Waals surface area contributed by atoms with Crippen LogP contribution in [-0.2, 0) is 47.4 Å². The van der Waals surface area contributed by atoms with Gasteiger partial charge in [-0.05, 0) is 36.4 Å². The molecule has 7 heterocycles. The van der Waals surface area contributed by atoms with Gasteiger partial charge in [-0.3, -0.25) is 0 Å². The number of phenols is 26. The van der Waals surface area contributed by atoms with Crippen LogP contribution in [0.2, 0.25) is 0 Å². The van der Waals surface area contributed by atoms with Crippen LogP contribution < -0.4 is 4.74 Å². The second-order valence-electron chi connectivity index (χ2n) is 27.2. The number of ether oxygens (including phenoxy) is 11. The van der Waals surface area contributed by atoms with Crippen molar-refractivity contribution in [2.75, 3.05) is 13.2 Å². The van der Waals surface area contributed by atoms with Gasteiger partial charge in [0.1, 0.15) is 31.0 Å². The summed E-state index contributed by atoms with van der Waals surface area (Å²) in [4.78, 5) is 135. The van der Waals surface area contributed by atoms with E-state index in [4.69, 9.17) is 52.1 Å². The predicted molar refractivity (Wildman–Crippen MR) is 378 cm³/mol. The van der Waals surface area contributed by atoms with Gasteiger partial charge in [0.15, 0.2) is 153 Å².